The van der Waals surface area contributed by atoms with Gasteiger partial charge in [0.15, 0.2) is 0 Å². The lowest BCUT2D eigenvalue weighted by Gasteiger charge is -2.35. The molecule has 1 fully saturated rings. The van der Waals surface area contributed by atoms with Gasteiger partial charge < -0.3 is 5.73 Å². The van der Waals surface area contributed by atoms with Gasteiger partial charge in [-0.05, 0) is 38.5 Å². The van der Waals surface area contributed by atoms with E-state index in [-0.39, 0.29) is 6.04 Å². The van der Waals surface area contributed by atoms with Crippen LogP contribution in [-0.4, -0.2) is 61.8 Å². The molecule has 2 unspecified atom stereocenters. The molecule has 0 bridgehead atoms. The highest BCUT2D eigenvalue weighted by Crippen LogP contribution is 2.21. The highest BCUT2D eigenvalue weighted by atomic mass is 32.2. The third-order valence-electron chi connectivity index (χ3n) is 3.53. The SMILES string of the molecule is CSCC(C)N(C)S(=O)(=O)N1CCCC(CN)C1. The quantitative estimate of drug-likeness (QED) is 0.778. The minimum atomic E-state index is -3.33. The molecule has 18 heavy (non-hydrogen) atoms. The summed E-state index contributed by atoms with van der Waals surface area (Å²) in [5.74, 6) is 1.11. The number of hydrogen-bond donors (Lipinski definition) is 1. The molecule has 0 aromatic rings. The maximum absolute atomic E-state index is 12.5. The second kappa shape index (κ2) is 7.09. The highest BCUT2D eigenvalue weighted by molar-refractivity contribution is 7.98. The van der Waals surface area contributed by atoms with Gasteiger partial charge in [0.25, 0.3) is 10.2 Å². The van der Waals surface area contributed by atoms with E-state index in [1.807, 2.05) is 13.2 Å². The van der Waals surface area contributed by atoms with Crippen LogP contribution >= 0.6 is 11.8 Å². The van der Waals surface area contributed by atoms with Crippen LogP contribution in [0.3, 0.4) is 0 Å². The number of nitrogens with zero attached hydrogens (tertiary/aromatic N) is 2. The summed E-state index contributed by atoms with van der Waals surface area (Å²) in [6.07, 6.45) is 3.93. The first kappa shape index (κ1) is 16.2. The summed E-state index contributed by atoms with van der Waals surface area (Å²) in [6.45, 7) is 3.69. The van der Waals surface area contributed by atoms with Crippen molar-refractivity contribution in [3.05, 3.63) is 0 Å². The van der Waals surface area contributed by atoms with E-state index in [2.05, 4.69) is 0 Å². The molecule has 7 heteroatoms. The van der Waals surface area contributed by atoms with Gasteiger partial charge in [-0.3, -0.25) is 0 Å². The van der Waals surface area contributed by atoms with Gasteiger partial charge in [0, 0.05) is 31.9 Å². The second-order valence-corrected chi connectivity index (χ2v) is 7.83. The number of thioether (sulfide) groups is 1. The molecule has 0 aromatic heterocycles. The Morgan fingerprint density at radius 2 is 2.22 bits per heavy atom. The third kappa shape index (κ3) is 3.84. The Bertz CT molecular complexity index is 348. The molecule has 0 aliphatic carbocycles. The zero-order valence-electron chi connectivity index (χ0n) is 11.5. The molecular formula is C11H25N3O2S2. The van der Waals surface area contributed by atoms with Gasteiger partial charge in [0.05, 0.1) is 0 Å². The fourth-order valence-corrected chi connectivity index (χ4v) is 4.64. The van der Waals surface area contributed by atoms with E-state index in [0.29, 0.717) is 25.6 Å². The molecule has 1 aliphatic heterocycles. The Labute approximate surface area is 115 Å². The van der Waals surface area contributed by atoms with Crippen molar-refractivity contribution in [2.75, 3.05) is 38.7 Å². The fourth-order valence-electron chi connectivity index (χ4n) is 2.18. The van der Waals surface area contributed by atoms with Crippen molar-refractivity contribution in [3.8, 4) is 0 Å². The van der Waals surface area contributed by atoms with E-state index in [4.69, 9.17) is 5.73 Å². The van der Waals surface area contributed by atoms with Crippen LogP contribution in [0.4, 0.5) is 0 Å². The molecule has 1 heterocycles. The summed E-state index contributed by atoms with van der Waals surface area (Å²) in [5, 5.41) is 0. The number of nitrogens with two attached hydrogens (primary N) is 1. The van der Waals surface area contributed by atoms with Crippen LogP contribution < -0.4 is 5.73 Å². The van der Waals surface area contributed by atoms with Gasteiger partial charge in [-0.25, -0.2) is 0 Å². The summed E-state index contributed by atoms with van der Waals surface area (Å²) in [4.78, 5) is 0. The van der Waals surface area contributed by atoms with Crippen molar-refractivity contribution in [2.45, 2.75) is 25.8 Å². The van der Waals surface area contributed by atoms with E-state index in [0.717, 1.165) is 18.6 Å². The van der Waals surface area contributed by atoms with Crippen LogP contribution in [0.1, 0.15) is 19.8 Å². The molecule has 1 aliphatic rings. The molecule has 1 rings (SSSR count). The predicted molar refractivity (Wildman–Crippen MR) is 77.9 cm³/mol. The number of rotatable bonds is 6. The minimum Gasteiger partial charge on any atom is -0.330 e. The van der Waals surface area contributed by atoms with E-state index in [1.165, 1.54) is 4.31 Å². The van der Waals surface area contributed by atoms with Crippen LogP contribution in [0.2, 0.25) is 0 Å². The van der Waals surface area contributed by atoms with Crippen LogP contribution in [-0.2, 0) is 10.2 Å². The Hall–Kier alpha value is 0.180. The van der Waals surface area contributed by atoms with Crippen LogP contribution in [0, 0.1) is 5.92 Å². The lowest BCUT2D eigenvalue weighted by atomic mass is 10.0. The molecule has 2 atom stereocenters. The smallest absolute Gasteiger partial charge is 0.282 e. The van der Waals surface area contributed by atoms with Gasteiger partial charge in [0.2, 0.25) is 0 Å². The van der Waals surface area contributed by atoms with Gasteiger partial charge in [-0.1, -0.05) is 0 Å². The molecular weight excluding hydrogens is 270 g/mol. The molecule has 0 radical (unpaired) electrons. The first-order chi connectivity index (χ1) is 8.43. The van der Waals surface area contributed by atoms with Crippen molar-refractivity contribution in [1.82, 2.24) is 8.61 Å². The van der Waals surface area contributed by atoms with Crippen LogP contribution in [0.15, 0.2) is 0 Å². The maximum atomic E-state index is 12.5. The second-order valence-electron chi connectivity index (χ2n) is 4.93. The molecule has 0 saturated carbocycles. The van der Waals surface area contributed by atoms with E-state index in [1.54, 1.807) is 23.1 Å². The average molecular weight is 295 g/mol. The summed E-state index contributed by atoms with van der Waals surface area (Å²) in [5.41, 5.74) is 5.65. The minimum absolute atomic E-state index is 0.0169. The maximum Gasteiger partial charge on any atom is 0.282 e. The fraction of sp³-hybridized carbons (Fsp3) is 1.00. The standard InChI is InChI=1S/C11H25N3O2S2/c1-10(9-17-3)13(2)18(15,16)14-6-4-5-11(7-12)8-14/h10-11H,4-9,12H2,1-3H3. The molecule has 0 spiro atoms. The number of hydrogen-bond acceptors (Lipinski definition) is 4. The Morgan fingerprint density at radius 1 is 1.56 bits per heavy atom. The van der Waals surface area contributed by atoms with Crippen molar-refractivity contribution in [2.24, 2.45) is 11.7 Å². The van der Waals surface area contributed by atoms with Gasteiger partial charge >= 0.3 is 0 Å². The monoisotopic (exact) mass is 295 g/mol. The lowest BCUT2D eigenvalue weighted by molar-refractivity contribution is 0.250. The highest BCUT2D eigenvalue weighted by Gasteiger charge is 2.33. The molecule has 1 saturated heterocycles. The zero-order chi connectivity index (χ0) is 13.8. The van der Waals surface area contributed by atoms with Crippen molar-refractivity contribution >= 4 is 22.0 Å². The van der Waals surface area contributed by atoms with Crippen molar-refractivity contribution < 1.29 is 8.42 Å². The molecule has 108 valence electrons. The van der Waals surface area contributed by atoms with E-state index >= 15 is 0 Å². The van der Waals surface area contributed by atoms with E-state index < -0.39 is 10.2 Å². The Kier molecular flexibility index (Phi) is 6.40. The van der Waals surface area contributed by atoms with Crippen molar-refractivity contribution in [3.63, 3.8) is 0 Å². The lowest BCUT2D eigenvalue weighted by Crippen LogP contribution is -2.50. The van der Waals surface area contributed by atoms with Crippen LogP contribution in [0.25, 0.3) is 0 Å². The first-order valence-corrected chi connectivity index (χ1v) is 9.14. The molecule has 5 nitrogen and oxygen atoms in total. The summed E-state index contributed by atoms with van der Waals surface area (Å²) in [7, 11) is -1.66. The predicted octanol–water partition coefficient (Wildman–Crippen LogP) is 0.585. The molecule has 0 amide bonds. The van der Waals surface area contributed by atoms with Gasteiger partial charge in [-0.15, -0.1) is 0 Å². The van der Waals surface area contributed by atoms with Gasteiger partial charge in [0.1, 0.15) is 0 Å². The van der Waals surface area contributed by atoms with Gasteiger partial charge in [-0.2, -0.15) is 28.8 Å². The Balaban J connectivity index is 2.72. The average Bonchev–Trinajstić information content (AvgIpc) is 2.38. The molecule has 2 N–H and O–H groups in total. The normalized spacial score (nSPS) is 24.4. The number of piperidine rings is 1. The largest absolute Gasteiger partial charge is 0.330 e. The third-order valence-corrected chi connectivity index (χ3v) is 6.42. The first-order valence-electron chi connectivity index (χ1n) is 6.35. The summed E-state index contributed by atoms with van der Waals surface area (Å²) < 4.78 is 28.0. The molecule has 0 aromatic carbocycles. The van der Waals surface area contributed by atoms with E-state index in [9.17, 15) is 8.42 Å². The zero-order valence-corrected chi connectivity index (χ0v) is 13.1. The summed E-state index contributed by atoms with van der Waals surface area (Å²) >= 11 is 1.66. The van der Waals surface area contributed by atoms with Crippen LogP contribution in [0.5, 0.6) is 0 Å². The topological polar surface area (TPSA) is 66.6 Å². The van der Waals surface area contributed by atoms with Crippen molar-refractivity contribution in [1.29, 1.82) is 0 Å². The Morgan fingerprint density at radius 3 is 2.78 bits per heavy atom. The summed E-state index contributed by atoms with van der Waals surface area (Å²) in [6, 6.07) is 0.0169.